The molecule has 0 atom stereocenters. The van der Waals surface area contributed by atoms with Crippen LogP contribution in [0.5, 0.6) is 0 Å². The minimum Gasteiger partial charge on any atom is -0.366 e. The van der Waals surface area contributed by atoms with E-state index in [-0.39, 0.29) is 0 Å². The zero-order valence-electron chi connectivity index (χ0n) is 13.7. The Labute approximate surface area is 142 Å². The highest BCUT2D eigenvalue weighted by atomic mass is 35.5. The zero-order valence-corrected chi connectivity index (χ0v) is 14.4. The lowest BCUT2D eigenvalue weighted by Gasteiger charge is -2.11. The number of benzene rings is 2. The van der Waals surface area contributed by atoms with Crippen molar-refractivity contribution in [3.8, 4) is 6.07 Å². The molecule has 0 saturated carbocycles. The Morgan fingerprint density at radius 2 is 1.96 bits per heavy atom. The van der Waals surface area contributed by atoms with E-state index >= 15 is 0 Å². The van der Waals surface area contributed by atoms with Gasteiger partial charge in [0.05, 0.1) is 28.7 Å². The molecule has 0 N–H and O–H groups in total. The molecule has 0 spiro atoms. The number of nitrogens with zero attached hydrogens (tertiary/aromatic N) is 3. The SMILES string of the molecule is CCN(C)/C=N\c1cc(C)cc(Cc2ccc(C#N)cc2)c1Cl. The van der Waals surface area contributed by atoms with Gasteiger partial charge in [-0.2, -0.15) is 5.26 Å². The highest BCUT2D eigenvalue weighted by Crippen LogP contribution is 2.31. The van der Waals surface area contributed by atoms with Gasteiger partial charge in [-0.05, 0) is 55.2 Å². The van der Waals surface area contributed by atoms with E-state index in [9.17, 15) is 0 Å². The van der Waals surface area contributed by atoms with E-state index in [4.69, 9.17) is 16.9 Å². The van der Waals surface area contributed by atoms with E-state index < -0.39 is 0 Å². The van der Waals surface area contributed by atoms with Crippen LogP contribution in [-0.2, 0) is 6.42 Å². The molecule has 0 heterocycles. The Morgan fingerprint density at radius 3 is 2.57 bits per heavy atom. The van der Waals surface area contributed by atoms with Crippen LogP contribution in [0.1, 0.15) is 29.2 Å². The van der Waals surface area contributed by atoms with Gasteiger partial charge in [0, 0.05) is 13.6 Å². The fraction of sp³-hybridized carbons (Fsp3) is 0.263. The molecular weight excluding hydrogens is 306 g/mol. The number of hydrogen-bond acceptors (Lipinski definition) is 2. The third-order valence-corrected chi connectivity index (χ3v) is 4.08. The van der Waals surface area contributed by atoms with Crippen LogP contribution >= 0.6 is 11.6 Å². The van der Waals surface area contributed by atoms with Crippen LogP contribution in [0.4, 0.5) is 5.69 Å². The van der Waals surface area contributed by atoms with Crippen LogP contribution in [0.25, 0.3) is 0 Å². The van der Waals surface area contributed by atoms with Crippen molar-refractivity contribution in [2.45, 2.75) is 20.3 Å². The number of hydrogen-bond donors (Lipinski definition) is 0. The van der Waals surface area contributed by atoms with Gasteiger partial charge in [0.2, 0.25) is 0 Å². The molecule has 0 aliphatic carbocycles. The summed E-state index contributed by atoms with van der Waals surface area (Å²) in [4.78, 5) is 6.49. The molecule has 0 radical (unpaired) electrons. The molecule has 23 heavy (non-hydrogen) atoms. The molecule has 118 valence electrons. The van der Waals surface area contributed by atoms with Crippen LogP contribution in [0.15, 0.2) is 41.4 Å². The second kappa shape index (κ2) is 7.80. The number of rotatable bonds is 5. The van der Waals surface area contributed by atoms with Gasteiger partial charge in [-0.1, -0.05) is 29.8 Å². The fourth-order valence-corrected chi connectivity index (χ4v) is 2.43. The molecule has 0 aliphatic heterocycles. The quantitative estimate of drug-likeness (QED) is 0.589. The third-order valence-electron chi connectivity index (χ3n) is 3.64. The first-order valence-corrected chi connectivity index (χ1v) is 7.93. The van der Waals surface area contributed by atoms with Crippen molar-refractivity contribution < 1.29 is 0 Å². The van der Waals surface area contributed by atoms with Gasteiger partial charge < -0.3 is 4.90 Å². The first-order valence-electron chi connectivity index (χ1n) is 7.56. The van der Waals surface area contributed by atoms with Gasteiger partial charge >= 0.3 is 0 Å². The minimum atomic E-state index is 0.664. The van der Waals surface area contributed by atoms with Crippen molar-refractivity contribution in [1.82, 2.24) is 4.90 Å². The molecule has 4 heteroatoms. The zero-order chi connectivity index (χ0) is 16.8. The Morgan fingerprint density at radius 1 is 1.26 bits per heavy atom. The van der Waals surface area contributed by atoms with Gasteiger partial charge in [0.25, 0.3) is 0 Å². The minimum absolute atomic E-state index is 0.664. The predicted molar refractivity (Wildman–Crippen MR) is 96.6 cm³/mol. The lowest BCUT2D eigenvalue weighted by Crippen LogP contribution is -2.14. The lowest BCUT2D eigenvalue weighted by molar-refractivity contribution is 0.552. The van der Waals surface area contributed by atoms with Crippen molar-refractivity contribution in [3.63, 3.8) is 0 Å². The summed E-state index contributed by atoms with van der Waals surface area (Å²) in [5.74, 6) is 0. The maximum absolute atomic E-state index is 8.87. The van der Waals surface area contributed by atoms with Gasteiger partial charge in [-0.3, -0.25) is 0 Å². The fourth-order valence-electron chi connectivity index (χ4n) is 2.21. The molecule has 0 aromatic heterocycles. The van der Waals surface area contributed by atoms with E-state index in [1.807, 2.05) is 49.2 Å². The average molecular weight is 326 g/mol. The molecule has 0 unspecified atom stereocenters. The number of nitriles is 1. The summed E-state index contributed by atoms with van der Waals surface area (Å²) in [5, 5.41) is 9.55. The standard InChI is InChI=1S/C19H20ClN3/c1-4-23(3)13-22-18-10-14(2)9-17(19(18)20)11-15-5-7-16(12-21)8-6-15/h5-10,13H,4,11H2,1-3H3/b22-13-. The summed E-state index contributed by atoms with van der Waals surface area (Å²) in [6.07, 6.45) is 2.52. The van der Waals surface area contributed by atoms with Gasteiger partial charge in [0.1, 0.15) is 0 Å². The highest BCUT2D eigenvalue weighted by Gasteiger charge is 2.08. The molecule has 2 aromatic carbocycles. The van der Waals surface area contributed by atoms with E-state index in [0.717, 1.165) is 35.3 Å². The maximum Gasteiger partial charge on any atom is 0.0991 e. The molecular formula is C19H20ClN3. The Hall–Kier alpha value is -2.31. The summed E-state index contributed by atoms with van der Waals surface area (Å²) >= 11 is 6.53. The second-order valence-electron chi connectivity index (χ2n) is 5.56. The average Bonchev–Trinajstić information content (AvgIpc) is 2.56. The molecule has 0 aliphatic rings. The van der Waals surface area contributed by atoms with Crippen molar-refractivity contribution in [2.24, 2.45) is 4.99 Å². The second-order valence-corrected chi connectivity index (χ2v) is 5.94. The van der Waals surface area contributed by atoms with Crippen molar-refractivity contribution >= 4 is 23.6 Å². The van der Waals surface area contributed by atoms with Crippen molar-refractivity contribution in [1.29, 1.82) is 5.26 Å². The van der Waals surface area contributed by atoms with Crippen LogP contribution < -0.4 is 0 Å². The predicted octanol–water partition coefficient (Wildman–Crippen LogP) is 4.72. The van der Waals surface area contributed by atoms with Crippen molar-refractivity contribution in [2.75, 3.05) is 13.6 Å². The van der Waals surface area contributed by atoms with Crippen LogP contribution in [-0.4, -0.2) is 24.8 Å². The summed E-state index contributed by atoms with van der Waals surface area (Å²) in [7, 11) is 1.98. The van der Waals surface area contributed by atoms with E-state index in [0.29, 0.717) is 10.6 Å². The van der Waals surface area contributed by atoms with E-state index in [2.05, 4.69) is 24.1 Å². The largest absolute Gasteiger partial charge is 0.366 e. The third kappa shape index (κ3) is 4.58. The Balaban J connectivity index is 2.29. The van der Waals surface area contributed by atoms with E-state index in [1.54, 1.807) is 6.34 Å². The van der Waals surface area contributed by atoms with Gasteiger partial charge in [-0.25, -0.2) is 4.99 Å². The number of aryl methyl sites for hydroxylation is 1. The molecule has 3 nitrogen and oxygen atoms in total. The highest BCUT2D eigenvalue weighted by molar-refractivity contribution is 6.33. The molecule has 0 fully saturated rings. The smallest absolute Gasteiger partial charge is 0.0991 e. The summed E-state index contributed by atoms with van der Waals surface area (Å²) in [5.41, 5.74) is 4.75. The topological polar surface area (TPSA) is 39.4 Å². The molecule has 0 saturated heterocycles. The molecule has 2 aromatic rings. The Kier molecular flexibility index (Phi) is 5.78. The number of halogens is 1. The van der Waals surface area contributed by atoms with Crippen LogP contribution in [0.3, 0.4) is 0 Å². The van der Waals surface area contributed by atoms with Crippen LogP contribution in [0, 0.1) is 18.3 Å². The molecule has 0 bridgehead atoms. The summed E-state index contributed by atoms with van der Waals surface area (Å²) < 4.78 is 0. The van der Waals surface area contributed by atoms with Crippen molar-refractivity contribution in [3.05, 3.63) is 63.7 Å². The monoisotopic (exact) mass is 325 g/mol. The van der Waals surface area contributed by atoms with Gasteiger partial charge in [0.15, 0.2) is 0 Å². The van der Waals surface area contributed by atoms with Crippen LogP contribution in [0.2, 0.25) is 5.02 Å². The first-order chi connectivity index (χ1) is 11.0. The lowest BCUT2D eigenvalue weighted by atomic mass is 10.0. The maximum atomic E-state index is 8.87. The summed E-state index contributed by atoms with van der Waals surface area (Å²) in [6.45, 7) is 5.01. The normalized spacial score (nSPS) is 10.7. The molecule has 0 amide bonds. The van der Waals surface area contributed by atoms with E-state index in [1.165, 1.54) is 0 Å². The molecule has 2 rings (SSSR count). The number of aliphatic imine (C=N–C) groups is 1. The Bertz CT molecular complexity index is 742. The first kappa shape index (κ1) is 17.1. The summed E-state index contributed by atoms with van der Waals surface area (Å²) in [6, 6.07) is 13.8. The van der Waals surface area contributed by atoms with Gasteiger partial charge in [-0.15, -0.1) is 0 Å².